The van der Waals surface area contributed by atoms with Gasteiger partial charge in [-0.1, -0.05) is 30.2 Å². The van der Waals surface area contributed by atoms with Gasteiger partial charge in [0.2, 0.25) is 0 Å². The van der Waals surface area contributed by atoms with Crippen LogP contribution < -0.4 is 4.98 Å². The summed E-state index contributed by atoms with van der Waals surface area (Å²) in [5, 5.41) is 9.29. The minimum absolute atomic E-state index is 0. The Hall–Kier alpha value is -0.736. The minimum atomic E-state index is -0.967. The summed E-state index contributed by atoms with van der Waals surface area (Å²) in [6.45, 7) is 0. The van der Waals surface area contributed by atoms with Gasteiger partial charge in [-0.05, 0) is 5.39 Å². The van der Waals surface area contributed by atoms with Gasteiger partial charge in [-0.3, -0.25) is 0 Å². The van der Waals surface area contributed by atoms with Crippen molar-refractivity contribution in [3.05, 3.63) is 30.1 Å². The molecule has 0 amide bonds. The van der Waals surface area contributed by atoms with Gasteiger partial charge in [0.15, 0.2) is 0 Å². The van der Waals surface area contributed by atoms with Crippen LogP contribution in [-0.2, 0) is 32.7 Å². The zero-order chi connectivity index (χ0) is 8.55. The zero-order valence-corrected chi connectivity index (χ0v) is 9.47. The van der Waals surface area contributed by atoms with Crippen LogP contribution in [0.15, 0.2) is 24.5 Å². The number of aromatic carboxylic acids is 1. The van der Waals surface area contributed by atoms with Gasteiger partial charge in [0.05, 0.1) is 5.56 Å². The molecule has 0 aliphatic heterocycles. The van der Waals surface area contributed by atoms with E-state index in [0.717, 1.165) is 0 Å². The summed E-state index contributed by atoms with van der Waals surface area (Å²) < 4.78 is 0. The molecule has 0 bridgehead atoms. The Morgan fingerprint density at radius 3 is 3.00 bits per heavy atom. The monoisotopic (exact) mass is 250 g/mol. The maximum atomic E-state index is 10.6. The van der Waals surface area contributed by atoms with Crippen LogP contribution in [0.4, 0.5) is 0 Å². The average molecular weight is 250 g/mol. The first kappa shape index (κ1) is 10.3. The average Bonchev–Trinajstić information content (AvgIpc) is 2.47. The summed E-state index contributed by atoms with van der Waals surface area (Å²) in [5.74, 6) is -0.967. The summed E-state index contributed by atoms with van der Waals surface area (Å²) in [5.41, 5.74) is 0.688. The fourth-order valence-corrected chi connectivity index (χ4v) is 1.08. The predicted molar refractivity (Wildman–Crippen MR) is 42.0 cm³/mol. The van der Waals surface area contributed by atoms with Crippen LogP contribution >= 0.6 is 0 Å². The van der Waals surface area contributed by atoms with Crippen LogP contribution in [0.1, 0.15) is 10.4 Å². The number of nitrogens with zero attached hydrogens (tertiary/aromatic N) is 2. The number of carboxylic acids is 1. The molecule has 0 saturated carbocycles. The Morgan fingerprint density at radius 1 is 1.54 bits per heavy atom. The van der Waals surface area contributed by atoms with Crippen LogP contribution in [0.2, 0.25) is 0 Å². The summed E-state index contributed by atoms with van der Waals surface area (Å²) in [4.78, 5) is 18.4. The molecule has 0 saturated heterocycles. The second kappa shape index (κ2) is 3.98. The Kier molecular flexibility index (Phi) is 3.17. The van der Waals surface area contributed by atoms with Gasteiger partial charge in [-0.25, -0.2) is 4.79 Å². The second-order valence-electron chi connectivity index (χ2n) is 2.35. The molecule has 0 unspecified atom stereocenters. The Morgan fingerprint density at radius 2 is 2.31 bits per heavy atom. The molecular weight excluding hydrogens is 245 g/mol. The van der Waals surface area contributed by atoms with Gasteiger partial charge < -0.3 is 15.1 Å². The number of hydrogen-bond acceptors (Lipinski definition) is 2. The smallest absolute Gasteiger partial charge is 0.335 e. The molecule has 0 aromatic carbocycles. The predicted octanol–water partition coefficient (Wildman–Crippen LogP) is 0.888. The van der Waals surface area contributed by atoms with Crippen molar-refractivity contribution < 1.29 is 42.6 Å². The molecule has 0 aliphatic rings. The van der Waals surface area contributed by atoms with Crippen molar-refractivity contribution in [3.63, 3.8) is 0 Å². The third kappa shape index (κ3) is 1.79. The third-order valence-electron chi connectivity index (χ3n) is 1.62. The van der Waals surface area contributed by atoms with Crippen molar-refractivity contribution in [1.82, 2.24) is 9.97 Å². The van der Waals surface area contributed by atoms with E-state index in [1.165, 1.54) is 6.20 Å². The van der Waals surface area contributed by atoms with Crippen LogP contribution in [0.3, 0.4) is 0 Å². The van der Waals surface area contributed by atoms with Crippen LogP contribution in [0.5, 0.6) is 0 Å². The maximum absolute atomic E-state index is 10.6. The molecule has 2 aromatic heterocycles. The quantitative estimate of drug-likeness (QED) is 0.816. The normalized spacial score (nSPS) is 9.54. The van der Waals surface area contributed by atoms with Gasteiger partial charge in [-0.2, -0.15) is 0 Å². The first-order valence-corrected chi connectivity index (χ1v) is 3.39. The molecule has 1 radical (unpaired) electrons. The zero-order valence-electron chi connectivity index (χ0n) is 6.64. The second-order valence-corrected chi connectivity index (χ2v) is 2.35. The number of aromatic nitrogens is 2. The molecule has 2 rings (SSSR count). The van der Waals surface area contributed by atoms with E-state index in [1.807, 2.05) is 0 Å². The molecule has 2 aromatic rings. The Balaban J connectivity index is 0.000000845. The Labute approximate surface area is 99.2 Å². The van der Waals surface area contributed by atoms with Crippen LogP contribution in [-0.4, -0.2) is 16.1 Å². The molecule has 0 spiro atoms. The fourth-order valence-electron chi connectivity index (χ4n) is 1.08. The van der Waals surface area contributed by atoms with E-state index in [-0.39, 0.29) is 38.3 Å². The molecule has 0 atom stereocenters. The van der Waals surface area contributed by atoms with E-state index >= 15 is 0 Å². The molecule has 4 nitrogen and oxygen atoms in total. The van der Waals surface area contributed by atoms with Crippen molar-refractivity contribution in [2.24, 2.45) is 0 Å². The van der Waals surface area contributed by atoms with Crippen molar-refractivity contribution in [2.75, 3.05) is 0 Å². The SMILES string of the molecule is O=C(O)c1c[n-]c2ncccc12.[Y]. The third-order valence-corrected chi connectivity index (χ3v) is 1.62. The largest absolute Gasteiger partial charge is 0.478 e. The number of carbonyl (C=O) groups is 1. The van der Waals surface area contributed by atoms with Crippen molar-refractivity contribution in [1.29, 1.82) is 0 Å². The van der Waals surface area contributed by atoms with Gasteiger partial charge in [0, 0.05) is 32.7 Å². The van der Waals surface area contributed by atoms with Crippen molar-refractivity contribution in [2.45, 2.75) is 0 Å². The van der Waals surface area contributed by atoms with E-state index in [1.54, 1.807) is 18.3 Å². The number of hydrogen-bond donors (Lipinski definition) is 1. The molecule has 63 valence electrons. The van der Waals surface area contributed by atoms with E-state index in [4.69, 9.17) is 5.11 Å². The number of carboxylic acid groups (broad SMARTS) is 1. The molecule has 0 fully saturated rings. The minimum Gasteiger partial charge on any atom is -0.478 e. The number of rotatable bonds is 1. The van der Waals surface area contributed by atoms with Crippen molar-refractivity contribution in [3.8, 4) is 0 Å². The van der Waals surface area contributed by atoms with Crippen molar-refractivity contribution >= 4 is 17.0 Å². The number of pyridine rings is 1. The molecule has 1 N–H and O–H groups in total. The van der Waals surface area contributed by atoms with E-state index in [0.29, 0.717) is 11.0 Å². The van der Waals surface area contributed by atoms with E-state index in [2.05, 4.69) is 9.97 Å². The summed E-state index contributed by atoms with van der Waals surface area (Å²) in [7, 11) is 0. The maximum Gasteiger partial charge on any atom is 0.335 e. The van der Waals surface area contributed by atoms with Crippen LogP contribution in [0, 0.1) is 0 Å². The van der Waals surface area contributed by atoms with Gasteiger partial charge in [-0.15, -0.1) is 0 Å². The fraction of sp³-hybridized carbons (Fsp3) is 0. The van der Waals surface area contributed by atoms with Gasteiger partial charge in [0.1, 0.15) is 0 Å². The van der Waals surface area contributed by atoms with Gasteiger partial charge >= 0.3 is 5.97 Å². The molecule has 13 heavy (non-hydrogen) atoms. The number of fused-ring (bicyclic) bond motifs is 1. The summed E-state index contributed by atoms with van der Waals surface area (Å²) in [6, 6.07) is 3.38. The van der Waals surface area contributed by atoms with E-state index < -0.39 is 5.97 Å². The topological polar surface area (TPSA) is 64.3 Å². The molecule has 0 aliphatic carbocycles. The molecular formula is C8H5N2O2Y-. The van der Waals surface area contributed by atoms with Crippen LogP contribution in [0.25, 0.3) is 11.0 Å². The summed E-state index contributed by atoms with van der Waals surface area (Å²) in [6.07, 6.45) is 2.90. The van der Waals surface area contributed by atoms with Gasteiger partial charge in [0.25, 0.3) is 0 Å². The standard InChI is InChI=1S/C8H6N2O2.Y/c11-8(12)6-4-10-7-5(6)2-1-3-9-7;/h1-4H,(H2,9,10,11,12);/p-1. The summed E-state index contributed by atoms with van der Waals surface area (Å²) >= 11 is 0. The first-order chi connectivity index (χ1) is 5.79. The molecule has 5 heteroatoms. The van der Waals surface area contributed by atoms with E-state index in [9.17, 15) is 4.79 Å². The Bertz CT molecular complexity index is 438. The first-order valence-electron chi connectivity index (χ1n) is 3.39. The molecule has 2 heterocycles.